The van der Waals surface area contributed by atoms with Crippen LogP contribution in [0, 0.1) is 0 Å². The van der Waals surface area contributed by atoms with E-state index in [2.05, 4.69) is 0 Å². The zero-order chi connectivity index (χ0) is 14.5. The fraction of sp³-hybridized carbons (Fsp3) is 0.917. The number of nitrogens with two attached hydrogens (primary N) is 1. The Morgan fingerprint density at radius 1 is 1.37 bits per heavy atom. The van der Waals surface area contributed by atoms with E-state index in [1.54, 1.807) is 20.8 Å². The van der Waals surface area contributed by atoms with Gasteiger partial charge in [0.25, 0.3) is 0 Å². The van der Waals surface area contributed by atoms with Crippen LogP contribution in [0.25, 0.3) is 0 Å². The molecule has 2 rings (SSSR count). The summed E-state index contributed by atoms with van der Waals surface area (Å²) in [6.07, 6.45) is 1.04. The van der Waals surface area contributed by atoms with Crippen LogP contribution < -0.4 is 5.73 Å². The molecule has 6 nitrogen and oxygen atoms in total. The smallest absolute Gasteiger partial charge is 0.410 e. The van der Waals surface area contributed by atoms with E-state index >= 15 is 0 Å². The molecule has 0 bridgehead atoms. The van der Waals surface area contributed by atoms with Crippen molar-refractivity contribution in [3.05, 3.63) is 0 Å². The molecule has 1 amide bonds. The minimum Gasteiger partial charge on any atom is -0.444 e. The average Bonchev–Trinajstić information content (AvgIpc) is 2.93. The van der Waals surface area contributed by atoms with Gasteiger partial charge < -0.3 is 15.4 Å². The maximum absolute atomic E-state index is 12.2. The fourth-order valence-electron chi connectivity index (χ4n) is 2.30. The molecule has 19 heavy (non-hydrogen) atoms. The molecule has 2 N–H and O–H groups in total. The third-order valence-corrected chi connectivity index (χ3v) is 5.18. The van der Waals surface area contributed by atoms with Gasteiger partial charge >= 0.3 is 6.09 Å². The Bertz CT molecular complexity index is 476. The monoisotopic (exact) mass is 290 g/mol. The van der Waals surface area contributed by atoms with Crippen molar-refractivity contribution in [1.29, 1.82) is 0 Å². The molecule has 1 heterocycles. The summed E-state index contributed by atoms with van der Waals surface area (Å²) in [7, 11) is -3.11. The van der Waals surface area contributed by atoms with E-state index in [4.69, 9.17) is 10.5 Å². The number of carbonyl (C=O) groups is 1. The Hall–Kier alpha value is -0.820. The summed E-state index contributed by atoms with van der Waals surface area (Å²) in [5.41, 5.74) is 4.98. The first kappa shape index (κ1) is 14.6. The molecule has 0 spiro atoms. The van der Waals surface area contributed by atoms with Crippen molar-refractivity contribution in [2.45, 2.75) is 50.8 Å². The molecule has 1 saturated carbocycles. The van der Waals surface area contributed by atoms with E-state index in [0.717, 1.165) is 12.8 Å². The first-order valence-electron chi connectivity index (χ1n) is 6.51. The number of hydrogen-bond acceptors (Lipinski definition) is 5. The summed E-state index contributed by atoms with van der Waals surface area (Å²) in [6, 6.07) is -0.457. The normalized spacial score (nSPS) is 28.8. The molecular weight excluding hydrogens is 268 g/mol. The number of sulfone groups is 1. The molecule has 0 aromatic heterocycles. The predicted octanol–water partition coefficient (Wildman–Crippen LogP) is 0.512. The van der Waals surface area contributed by atoms with E-state index in [1.165, 1.54) is 4.90 Å². The summed E-state index contributed by atoms with van der Waals surface area (Å²) >= 11 is 0. The fourth-order valence-corrected chi connectivity index (χ4v) is 3.93. The van der Waals surface area contributed by atoms with Crippen molar-refractivity contribution >= 4 is 15.9 Å². The second-order valence-electron chi connectivity index (χ2n) is 6.54. The van der Waals surface area contributed by atoms with E-state index < -0.39 is 33.1 Å². The topological polar surface area (TPSA) is 89.7 Å². The Labute approximate surface area is 114 Å². The van der Waals surface area contributed by atoms with Gasteiger partial charge in [-0.1, -0.05) is 0 Å². The summed E-state index contributed by atoms with van der Waals surface area (Å²) < 4.78 is 28.8. The van der Waals surface area contributed by atoms with E-state index in [1.807, 2.05) is 0 Å². The lowest BCUT2D eigenvalue weighted by Gasteiger charge is -2.39. The SMILES string of the molecule is CC(C)(C)OC(=O)N1CCS(=O)(=O)CC1C1(N)CC1. The molecule has 0 aromatic carbocycles. The van der Waals surface area contributed by atoms with Gasteiger partial charge in [0.15, 0.2) is 9.84 Å². The van der Waals surface area contributed by atoms with Gasteiger partial charge in [-0.15, -0.1) is 0 Å². The van der Waals surface area contributed by atoms with Crippen molar-refractivity contribution in [1.82, 2.24) is 4.90 Å². The molecule has 2 fully saturated rings. The predicted molar refractivity (Wildman–Crippen MR) is 71.5 cm³/mol. The third kappa shape index (κ3) is 3.39. The van der Waals surface area contributed by atoms with Crippen LogP contribution in [0.1, 0.15) is 33.6 Å². The second-order valence-corrected chi connectivity index (χ2v) is 8.77. The lowest BCUT2D eigenvalue weighted by Crippen LogP contribution is -2.60. The van der Waals surface area contributed by atoms with Crippen LogP contribution in [0.15, 0.2) is 0 Å². The maximum Gasteiger partial charge on any atom is 0.410 e. The van der Waals surface area contributed by atoms with Crippen LogP contribution in [0.5, 0.6) is 0 Å². The Morgan fingerprint density at radius 3 is 2.42 bits per heavy atom. The lowest BCUT2D eigenvalue weighted by molar-refractivity contribution is 0.0149. The van der Waals surface area contributed by atoms with Crippen LogP contribution in [-0.2, 0) is 14.6 Å². The number of nitrogens with zero attached hydrogens (tertiary/aromatic N) is 1. The van der Waals surface area contributed by atoms with Crippen molar-refractivity contribution in [3.8, 4) is 0 Å². The highest BCUT2D eigenvalue weighted by Gasteiger charge is 2.53. The summed E-state index contributed by atoms with van der Waals surface area (Å²) in [5, 5.41) is 0. The minimum atomic E-state index is -3.11. The molecule has 1 saturated heterocycles. The van der Waals surface area contributed by atoms with E-state index in [9.17, 15) is 13.2 Å². The summed E-state index contributed by atoms with van der Waals surface area (Å²) in [6.45, 7) is 5.53. The van der Waals surface area contributed by atoms with Crippen molar-refractivity contribution in [3.63, 3.8) is 0 Å². The molecule has 1 aliphatic carbocycles. The van der Waals surface area contributed by atoms with Crippen LogP contribution in [0.2, 0.25) is 0 Å². The first-order chi connectivity index (χ1) is 8.53. The van der Waals surface area contributed by atoms with Crippen molar-refractivity contribution in [2.24, 2.45) is 5.73 Å². The average molecular weight is 290 g/mol. The molecular formula is C12H22N2O4S. The molecule has 0 aromatic rings. The van der Waals surface area contributed by atoms with Gasteiger partial charge in [0.2, 0.25) is 0 Å². The number of amides is 1. The highest BCUT2D eigenvalue weighted by atomic mass is 32.2. The molecule has 1 atom stereocenters. The molecule has 2 aliphatic rings. The number of carbonyl (C=O) groups excluding carboxylic acids is 1. The van der Waals surface area contributed by atoms with Crippen LogP contribution in [0.4, 0.5) is 4.79 Å². The van der Waals surface area contributed by atoms with Gasteiger partial charge in [-0.3, -0.25) is 0 Å². The summed E-state index contributed by atoms with van der Waals surface area (Å²) in [4.78, 5) is 13.7. The molecule has 110 valence electrons. The molecule has 1 unspecified atom stereocenters. The Kier molecular flexibility index (Phi) is 3.33. The Morgan fingerprint density at radius 2 is 1.95 bits per heavy atom. The van der Waals surface area contributed by atoms with Gasteiger partial charge in [0.05, 0.1) is 17.5 Å². The van der Waals surface area contributed by atoms with Gasteiger partial charge in [-0.25, -0.2) is 13.2 Å². The van der Waals surface area contributed by atoms with Gasteiger partial charge in [-0.05, 0) is 33.6 Å². The zero-order valence-corrected chi connectivity index (χ0v) is 12.5. The van der Waals surface area contributed by atoms with Crippen LogP contribution in [0.3, 0.4) is 0 Å². The third-order valence-electron chi connectivity index (χ3n) is 3.55. The number of ether oxygens (including phenoxy) is 1. The quantitative estimate of drug-likeness (QED) is 0.760. The van der Waals surface area contributed by atoms with Crippen molar-refractivity contribution in [2.75, 3.05) is 18.1 Å². The van der Waals surface area contributed by atoms with Gasteiger partial charge in [0, 0.05) is 12.1 Å². The molecule has 0 radical (unpaired) electrons. The van der Waals surface area contributed by atoms with E-state index in [0.29, 0.717) is 0 Å². The second kappa shape index (κ2) is 4.34. The summed E-state index contributed by atoms with van der Waals surface area (Å²) in [5.74, 6) is -0.0679. The van der Waals surface area contributed by atoms with Gasteiger partial charge in [0.1, 0.15) is 5.60 Å². The highest BCUT2D eigenvalue weighted by molar-refractivity contribution is 7.91. The largest absolute Gasteiger partial charge is 0.444 e. The van der Waals surface area contributed by atoms with Crippen LogP contribution in [-0.4, -0.2) is 54.6 Å². The maximum atomic E-state index is 12.2. The molecule has 1 aliphatic heterocycles. The minimum absolute atomic E-state index is 0.0151. The lowest BCUT2D eigenvalue weighted by atomic mass is 10.1. The highest BCUT2D eigenvalue weighted by Crippen LogP contribution is 2.40. The molecule has 7 heteroatoms. The number of hydrogen-bond donors (Lipinski definition) is 1. The zero-order valence-electron chi connectivity index (χ0n) is 11.7. The van der Waals surface area contributed by atoms with Crippen LogP contribution >= 0.6 is 0 Å². The number of rotatable bonds is 1. The standard InChI is InChI=1S/C12H22N2O4S/c1-11(2,3)18-10(15)14-6-7-19(16,17)8-9(14)12(13)4-5-12/h9H,4-8,13H2,1-3H3. The van der Waals surface area contributed by atoms with Crippen molar-refractivity contribution < 1.29 is 17.9 Å². The first-order valence-corrected chi connectivity index (χ1v) is 8.34. The van der Waals surface area contributed by atoms with Gasteiger partial charge in [-0.2, -0.15) is 0 Å². The van der Waals surface area contributed by atoms with E-state index in [-0.39, 0.29) is 18.1 Å². The Balaban J connectivity index is 2.16.